The van der Waals surface area contributed by atoms with E-state index in [2.05, 4.69) is 15.5 Å². The first kappa shape index (κ1) is 17.1. The van der Waals surface area contributed by atoms with Gasteiger partial charge >= 0.3 is 0 Å². The molecular weight excluding hydrogens is 323 g/mol. The molecule has 6 nitrogen and oxygen atoms in total. The molecule has 1 unspecified atom stereocenters. The summed E-state index contributed by atoms with van der Waals surface area (Å²) in [7, 11) is 0. The number of rotatable bonds is 5. The number of nitrogens with one attached hydrogen (secondary N) is 1. The molecule has 1 aromatic carbocycles. The number of amides is 1. The predicted octanol–water partition coefficient (Wildman–Crippen LogP) is 2.49. The van der Waals surface area contributed by atoms with E-state index in [1.54, 1.807) is 30.2 Å². The highest BCUT2D eigenvalue weighted by Gasteiger charge is 2.27. The maximum atomic E-state index is 13.2. The first-order valence-electron chi connectivity index (χ1n) is 8.37. The molecule has 2 aromatic rings. The normalized spacial score (nSPS) is 16.3. The highest BCUT2D eigenvalue weighted by atomic mass is 19.1. The summed E-state index contributed by atoms with van der Waals surface area (Å²) in [5, 5.41) is 11.2. The van der Waals surface area contributed by atoms with Gasteiger partial charge in [-0.15, -0.1) is 5.10 Å². The van der Waals surface area contributed by atoms with Crippen molar-refractivity contribution < 1.29 is 13.9 Å². The summed E-state index contributed by atoms with van der Waals surface area (Å²) >= 11 is 0. The lowest BCUT2D eigenvalue weighted by Crippen LogP contribution is -2.47. The standard InChI is InChI=1S/C18H21FN4O2/c1-13(25-16-5-2-4-14(19)12-16)18(24)23-10-7-15(8-11-23)21-17-6-3-9-20-22-17/h2-6,9,12-13,15H,7-8,10-11H2,1H3,(H,21,22). The molecule has 1 N–H and O–H groups in total. The van der Waals surface area contributed by atoms with Crippen molar-refractivity contribution >= 4 is 11.7 Å². The van der Waals surface area contributed by atoms with E-state index in [4.69, 9.17) is 4.74 Å². The molecule has 1 fully saturated rings. The molecule has 3 rings (SSSR count). The molecule has 1 amide bonds. The van der Waals surface area contributed by atoms with Gasteiger partial charge in [0.05, 0.1) is 0 Å². The molecule has 0 radical (unpaired) electrons. The zero-order valence-corrected chi connectivity index (χ0v) is 14.1. The highest BCUT2D eigenvalue weighted by Crippen LogP contribution is 2.18. The van der Waals surface area contributed by atoms with Gasteiger partial charge in [-0.2, -0.15) is 5.10 Å². The fourth-order valence-corrected chi connectivity index (χ4v) is 2.88. The van der Waals surface area contributed by atoms with Crippen molar-refractivity contribution in [3.05, 3.63) is 48.4 Å². The molecule has 0 saturated carbocycles. The Labute approximate surface area is 146 Å². The number of halogens is 1. The Hall–Kier alpha value is -2.70. The van der Waals surface area contributed by atoms with Gasteiger partial charge in [-0.05, 0) is 44.0 Å². The smallest absolute Gasteiger partial charge is 0.263 e. The van der Waals surface area contributed by atoms with E-state index in [9.17, 15) is 9.18 Å². The fourth-order valence-electron chi connectivity index (χ4n) is 2.88. The summed E-state index contributed by atoms with van der Waals surface area (Å²) in [5.41, 5.74) is 0. The summed E-state index contributed by atoms with van der Waals surface area (Å²) < 4.78 is 18.8. The van der Waals surface area contributed by atoms with Crippen LogP contribution in [-0.2, 0) is 4.79 Å². The Morgan fingerprint density at radius 1 is 1.32 bits per heavy atom. The summed E-state index contributed by atoms with van der Waals surface area (Å²) in [6.45, 7) is 2.98. The minimum atomic E-state index is -0.647. The van der Waals surface area contributed by atoms with E-state index in [1.807, 2.05) is 12.1 Å². The van der Waals surface area contributed by atoms with Gasteiger partial charge in [0.25, 0.3) is 5.91 Å². The molecule has 1 atom stereocenters. The highest BCUT2D eigenvalue weighted by molar-refractivity contribution is 5.81. The topological polar surface area (TPSA) is 67.3 Å². The average Bonchev–Trinajstić information content (AvgIpc) is 2.62. The van der Waals surface area contributed by atoms with Crippen molar-refractivity contribution in [2.75, 3.05) is 18.4 Å². The number of ether oxygens (including phenoxy) is 1. The Balaban J connectivity index is 1.49. The first-order valence-corrected chi connectivity index (χ1v) is 8.37. The number of aromatic nitrogens is 2. The van der Waals surface area contributed by atoms with Crippen LogP contribution in [0.25, 0.3) is 0 Å². The van der Waals surface area contributed by atoms with E-state index in [1.165, 1.54) is 12.1 Å². The van der Waals surface area contributed by atoms with Gasteiger partial charge in [0.15, 0.2) is 6.10 Å². The SMILES string of the molecule is CC(Oc1cccc(F)c1)C(=O)N1CCC(Nc2cccnn2)CC1. The van der Waals surface area contributed by atoms with Crippen molar-refractivity contribution in [3.63, 3.8) is 0 Å². The molecular formula is C18H21FN4O2. The van der Waals surface area contributed by atoms with Crippen molar-refractivity contribution in [1.82, 2.24) is 15.1 Å². The summed E-state index contributed by atoms with van der Waals surface area (Å²) in [6.07, 6.45) is 2.64. The molecule has 0 bridgehead atoms. The van der Waals surface area contributed by atoms with Crippen LogP contribution >= 0.6 is 0 Å². The minimum absolute atomic E-state index is 0.0813. The predicted molar refractivity (Wildman–Crippen MR) is 91.7 cm³/mol. The van der Waals surface area contributed by atoms with Crippen LogP contribution in [0.2, 0.25) is 0 Å². The maximum absolute atomic E-state index is 13.2. The van der Waals surface area contributed by atoms with Crippen LogP contribution in [0, 0.1) is 5.82 Å². The van der Waals surface area contributed by atoms with Gasteiger partial charge in [0.1, 0.15) is 17.4 Å². The van der Waals surface area contributed by atoms with Gasteiger partial charge in [-0.25, -0.2) is 4.39 Å². The third-order valence-electron chi connectivity index (χ3n) is 4.19. The average molecular weight is 344 g/mol. The largest absolute Gasteiger partial charge is 0.481 e. The Kier molecular flexibility index (Phi) is 5.42. The monoisotopic (exact) mass is 344 g/mol. The first-order chi connectivity index (χ1) is 12.1. The molecule has 0 aliphatic carbocycles. The van der Waals surface area contributed by atoms with Crippen LogP contribution in [-0.4, -0.2) is 46.2 Å². The Morgan fingerprint density at radius 2 is 2.12 bits per heavy atom. The van der Waals surface area contributed by atoms with Crippen LogP contribution in [0.4, 0.5) is 10.2 Å². The van der Waals surface area contributed by atoms with E-state index >= 15 is 0 Å². The number of piperidine rings is 1. The molecule has 0 spiro atoms. The summed E-state index contributed by atoms with van der Waals surface area (Å²) in [4.78, 5) is 14.3. The number of hydrogen-bond acceptors (Lipinski definition) is 5. The van der Waals surface area contributed by atoms with Crippen molar-refractivity contribution in [1.29, 1.82) is 0 Å². The molecule has 1 aliphatic rings. The molecule has 7 heteroatoms. The number of hydrogen-bond donors (Lipinski definition) is 1. The zero-order chi connectivity index (χ0) is 17.6. The van der Waals surface area contributed by atoms with Gasteiger partial charge in [-0.1, -0.05) is 6.07 Å². The lowest BCUT2D eigenvalue weighted by molar-refractivity contribution is -0.138. The van der Waals surface area contributed by atoms with E-state index in [-0.39, 0.29) is 17.8 Å². The van der Waals surface area contributed by atoms with Crippen molar-refractivity contribution in [2.45, 2.75) is 31.9 Å². The second-order valence-corrected chi connectivity index (χ2v) is 6.07. The summed E-state index contributed by atoms with van der Waals surface area (Å²) in [6, 6.07) is 9.80. The summed E-state index contributed by atoms with van der Waals surface area (Å²) in [5.74, 6) is 0.644. The molecule has 132 valence electrons. The van der Waals surface area contributed by atoms with Crippen LogP contribution in [0.5, 0.6) is 5.75 Å². The Morgan fingerprint density at radius 3 is 2.80 bits per heavy atom. The number of carbonyl (C=O) groups is 1. The van der Waals surface area contributed by atoms with Gasteiger partial charge in [0.2, 0.25) is 0 Å². The Bertz CT molecular complexity index is 705. The van der Waals surface area contributed by atoms with E-state index in [0.29, 0.717) is 18.8 Å². The molecule has 25 heavy (non-hydrogen) atoms. The lowest BCUT2D eigenvalue weighted by Gasteiger charge is -2.34. The van der Waals surface area contributed by atoms with Crippen molar-refractivity contribution in [3.8, 4) is 5.75 Å². The third kappa shape index (κ3) is 4.65. The van der Waals surface area contributed by atoms with Gasteiger partial charge in [-0.3, -0.25) is 4.79 Å². The van der Waals surface area contributed by atoms with Gasteiger partial charge < -0.3 is 15.0 Å². The molecule has 1 aromatic heterocycles. The quantitative estimate of drug-likeness (QED) is 0.903. The van der Waals surface area contributed by atoms with Crippen LogP contribution < -0.4 is 10.1 Å². The van der Waals surface area contributed by atoms with E-state index in [0.717, 1.165) is 18.7 Å². The minimum Gasteiger partial charge on any atom is -0.481 e. The molecule has 2 heterocycles. The number of benzene rings is 1. The second kappa shape index (κ2) is 7.92. The maximum Gasteiger partial charge on any atom is 0.263 e. The number of carbonyl (C=O) groups excluding carboxylic acids is 1. The van der Waals surface area contributed by atoms with Crippen LogP contribution in [0.3, 0.4) is 0 Å². The second-order valence-electron chi connectivity index (χ2n) is 6.07. The number of anilines is 1. The number of nitrogens with zero attached hydrogens (tertiary/aromatic N) is 3. The van der Waals surface area contributed by atoms with Crippen molar-refractivity contribution in [2.24, 2.45) is 0 Å². The molecule has 1 aliphatic heterocycles. The lowest BCUT2D eigenvalue weighted by atomic mass is 10.0. The fraction of sp³-hybridized carbons (Fsp3) is 0.389. The van der Waals surface area contributed by atoms with E-state index < -0.39 is 6.10 Å². The van der Waals surface area contributed by atoms with Gasteiger partial charge in [0, 0.05) is 31.4 Å². The zero-order valence-electron chi connectivity index (χ0n) is 14.1. The van der Waals surface area contributed by atoms with Crippen LogP contribution in [0.15, 0.2) is 42.6 Å². The third-order valence-corrected chi connectivity index (χ3v) is 4.19. The number of likely N-dealkylation sites (tertiary alicyclic amines) is 1. The molecule has 1 saturated heterocycles. The van der Waals surface area contributed by atoms with Crippen LogP contribution in [0.1, 0.15) is 19.8 Å².